The van der Waals surface area contributed by atoms with E-state index in [-0.39, 0.29) is 0 Å². The lowest BCUT2D eigenvalue weighted by molar-refractivity contribution is 0.0928. The monoisotopic (exact) mass is 274 g/mol. The maximum atomic E-state index is 5.52. The van der Waals surface area contributed by atoms with Crippen LogP contribution in [0.3, 0.4) is 0 Å². The highest BCUT2D eigenvalue weighted by Crippen LogP contribution is 2.37. The molecule has 2 aliphatic heterocycles. The van der Waals surface area contributed by atoms with Gasteiger partial charge in [0.25, 0.3) is 0 Å². The molecule has 0 aliphatic carbocycles. The fraction of sp³-hybridized carbons (Fsp3) is 0.647. The molecule has 2 heterocycles. The second-order valence-electron chi connectivity index (χ2n) is 6.08. The highest BCUT2D eigenvalue weighted by Gasteiger charge is 2.41. The normalized spacial score (nSPS) is 22.2. The van der Waals surface area contributed by atoms with Crippen molar-refractivity contribution in [2.24, 2.45) is 0 Å². The van der Waals surface area contributed by atoms with Gasteiger partial charge in [0.1, 0.15) is 5.75 Å². The van der Waals surface area contributed by atoms with Crippen molar-refractivity contribution >= 4 is 0 Å². The summed E-state index contributed by atoms with van der Waals surface area (Å²) in [6.07, 6.45) is 5.36. The fourth-order valence-electron chi connectivity index (χ4n) is 3.78. The zero-order chi connectivity index (χ0) is 13.8. The minimum atomic E-state index is 0.476. The Bertz CT molecular complexity index is 423. The van der Waals surface area contributed by atoms with E-state index in [4.69, 9.17) is 4.74 Å². The van der Waals surface area contributed by atoms with Crippen LogP contribution in [-0.2, 0) is 6.54 Å². The Morgan fingerprint density at radius 1 is 1.15 bits per heavy atom. The molecule has 0 saturated carbocycles. The van der Waals surface area contributed by atoms with Crippen LogP contribution in [-0.4, -0.2) is 36.7 Å². The summed E-state index contributed by atoms with van der Waals surface area (Å²) in [7, 11) is 0. The Morgan fingerprint density at radius 3 is 2.60 bits per heavy atom. The molecule has 0 bridgehead atoms. The van der Waals surface area contributed by atoms with Crippen molar-refractivity contribution in [1.82, 2.24) is 10.2 Å². The maximum Gasteiger partial charge on any atom is 0.119 e. The molecule has 110 valence electrons. The summed E-state index contributed by atoms with van der Waals surface area (Å²) in [6, 6.07) is 8.64. The Morgan fingerprint density at radius 2 is 1.90 bits per heavy atom. The van der Waals surface area contributed by atoms with Gasteiger partial charge < -0.3 is 10.1 Å². The summed E-state index contributed by atoms with van der Waals surface area (Å²) < 4.78 is 5.52. The van der Waals surface area contributed by atoms with Crippen LogP contribution < -0.4 is 10.1 Å². The van der Waals surface area contributed by atoms with Crippen LogP contribution in [0.25, 0.3) is 0 Å². The third kappa shape index (κ3) is 2.84. The van der Waals surface area contributed by atoms with Crippen LogP contribution in [0, 0.1) is 0 Å². The van der Waals surface area contributed by atoms with Crippen LogP contribution in [0.4, 0.5) is 0 Å². The molecule has 3 heteroatoms. The lowest BCUT2D eigenvalue weighted by atomic mass is 9.85. The lowest BCUT2D eigenvalue weighted by Gasteiger charge is -2.42. The van der Waals surface area contributed by atoms with Crippen molar-refractivity contribution in [3.05, 3.63) is 29.8 Å². The van der Waals surface area contributed by atoms with E-state index in [0.717, 1.165) is 18.9 Å². The quantitative estimate of drug-likeness (QED) is 0.913. The predicted molar refractivity (Wildman–Crippen MR) is 82.1 cm³/mol. The summed E-state index contributed by atoms with van der Waals surface area (Å²) >= 11 is 0. The molecule has 2 aliphatic rings. The van der Waals surface area contributed by atoms with Crippen molar-refractivity contribution in [1.29, 1.82) is 0 Å². The molecular weight excluding hydrogens is 248 g/mol. The average Bonchev–Trinajstić information content (AvgIpc) is 2.84. The summed E-state index contributed by atoms with van der Waals surface area (Å²) in [5, 5.41) is 3.50. The highest BCUT2D eigenvalue weighted by atomic mass is 16.5. The number of hydrogen-bond donors (Lipinski definition) is 1. The van der Waals surface area contributed by atoms with E-state index in [1.807, 2.05) is 6.92 Å². The molecule has 2 saturated heterocycles. The zero-order valence-corrected chi connectivity index (χ0v) is 12.5. The minimum Gasteiger partial charge on any atom is -0.494 e. The van der Waals surface area contributed by atoms with Crippen molar-refractivity contribution in [3.63, 3.8) is 0 Å². The van der Waals surface area contributed by atoms with E-state index < -0.39 is 0 Å². The fourth-order valence-corrected chi connectivity index (χ4v) is 3.78. The van der Waals surface area contributed by atoms with Crippen LogP contribution in [0.5, 0.6) is 5.75 Å². The maximum absolute atomic E-state index is 5.52. The van der Waals surface area contributed by atoms with Crippen molar-refractivity contribution in [2.45, 2.75) is 44.7 Å². The Balaban J connectivity index is 1.66. The van der Waals surface area contributed by atoms with Gasteiger partial charge in [-0.25, -0.2) is 0 Å². The first-order valence-electron chi connectivity index (χ1n) is 8.00. The van der Waals surface area contributed by atoms with E-state index in [1.54, 1.807) is 0 Å². The number of likely N-dealkylation sites (tertiary alicyclic amines) is 1. The number of nitrogens with one attached hydrogen (secondary N) is 1. The molecule has 1 spiro atoms. The topological polar surface area (TPSA) is 24.5 Å². The number of hydrogen-bond acceptors (Lipinski definition) is 3. The van der Waals surface area contributed by atoms with Gasteiger partial charge in [-0.1, -0.05) is 12.1 Å². The first-order chi connectivity index (χ1) is 9.82. The summed E-state index contributed by atoms with van der Waals surface area (Å²) in [5.74, 6) is 0.981. The number of ether oxygens (including phenoxy) is 1. The molecule has 1 N–H and O–H groups in total. The van der Waals surface area contributed by atoms with Gasteiger partial charge in [0.15, 0.2) is 0 Å². The molecule has 0 radical (unpaired) electrons. The van der Waals surface area contributed by atoms with E-state index >= 15 is 0 Å². The van der Waals surface area contributed by atoms with Gasteiger partial charge in [0.2, 0.25) is 0 Å². The molecule has 3 rings (SSSR count). The summed E-state index contributed by atoms with van der Waals surface area (Å²) in [4.78, 5) is 2.73. The molecule has 20 heavy (non-hydrogen) atoms. The van der Waals surface area contributed by atoms with Gasteiger partial charge in [-0.3, -0.25) is 4.90 Å². The van der Waals surface area contributed by atoms with Gasteiger partial charge >= 0.3 is 0 Å². The van der Waals surface area contributed by atoms with Crippen LogP contribution in [0.15, 0.2) is 24.3 Å². The minimum absolute atomic E-state index is 0.476. The van der Waals surface area contributed by atoms with Crippen molar-refractivity contribution in [3.8, 4) is 5.75 Å². The van der Waals surface area contributed by atoms with Gasteiger partial charge in [-0.15, -0.1) is 0 Å². The molecule has 1 aromatic rings. The highest BCUT2D eigenvalue weighted by molar-refractivity contribution is 5.27. The molecule has 0 amide bonds. The molecule has 0 unspecified atom stereocenters. The number of nitrogens with zero attached hydrogens (tertiary/aromatic N) is 1. The van der Waals surface area contributed by atoms with Crippen molar-refractivity contribution < 1.29 is 4.74 Å². The first kappa shape index (κ1) is 13.9. The second-order valence-corrected chi connectivity index (χ2v) is 6.08. The SMILES string of the molecule is CCOc1ccc(CN2CCCC23CCNCC3)cc1. The molecular formula is C17H26N2O. The summed E-state index contributed by atoms with van der Waals surface area (Å²) in [5.41, 5.74) is 1.89. The Labute approximate surface area is 122 Å². The Hall–Kier alpha value is -1.06. The van der Waals surface area contributed by atoms with E-state index in [0.29, 0.717) is 5.54 Å². The lowest BCUT2D eigenvalue weighted by Crippen LogP contribution is -2.50. The predicted octanol–water partition coefficient (Wildman–Crippen LogP) is 2.80. The number of piperidine rings is 1. The third-order valence-corrected chi connectivity index (χ3v) is 4.88. The van der Waals surface area contributed by atoms with Crippen LogP contribution >= 0.6 is 0 Å². The van der Waals surface area contributed by atoms with E-state index in [9.17, 15) is 0 Å². The molecule has 0 aromatic heterocycles. The molecule has 2 fully saturated rings. The second kappa shape index (κ2) is 6.15. The van der Waals surface area contributed by atoms with Gasteiger partial charge in [0, 0.05) is 12.1 Å². The largest absolute Gasteiger partial charge is 0.494 e. The third-order valence-electron chi connectivity index (χ3n) is 4.88. The zero-order valence-electron chi connectivity index (χ0n) is 12.5. The first-order valence-corrected chi connectivity index (χ1v) is 8.00. The van der Waals surface area contributed by atoms with Gasteiger partial charge in [0.05, 0.1) is 6.61 Å². The smallest absolute Gasteiger partial charge is 0.119 e. The molecule has 3 nitrogen and oxygen atoms in total. The van der Waals surface area contributed by atoms with Gasteiger partial charge in [-0.05, 0) is 69.9 Å². The van der Waals surface area contributed by atoms with Crippen LogP contribution in [0.2, 0.25) is 0 Å². The number of benzene rings is 1. The van der Waals surface area contributed by atoms with E-state index in [1.165, 1.54) is 50.9 Å². The number of rotatable bonds is 4. The molecule has 1 aromatic carbocycles. The van der Waals surface area contributed by atoms with Crippen LogP contribution in [0.1, 0.15) is 38.2 Å². The average molecular weight is 274 g/mol. The van der Waals surface area contributed by atoms with E-state index in [2.05, 4.69) is 34.5 Å². The molecule has 0 atom stereocenters. The standard InChI is InChI=1S/C17H26N2O/c1-2-20-16-6-4-15(5-7-16)14-19-13-3-8-17(19)9-11-18-12-10-17/h4-7,18H,2-3,8-14H2,1H3. The van der Waals surface area contributed by atoms with Crippen molar-refractivity contribution in [2.75, 3.05) is 26.2 Å². The summed E-state index contributed by atoms with van der Waals surface area (Å²) in [6.45, 7) is 7.47. The van der Waals surface area contributed by atoms with Gasteiger partial charge in [-0.2, -0.15) is 0 Å². The Kier molecular flexibility index (Phi) is 4.27.